The number of benzene rings is 1. The molecule has 2 heterocycles. The van der Waals surface area contributed by atoms with Crippen LogP contribution in [-0.2, 0) is 7.05 Å². The lowest BCUT2D eigenvalue weighted by atomic mass is 10.2. The second-order valence-electron chi connectivity index (χ2n) is 3.95. The van der Waals surface area contributed by atoms with Crippen molar-refractivity contribution < 1.29 is 4.42 Å². The summed E-state index contributed by atoms with van der Waals surface area (Å²) in [6.45, 7) is 2.03. The van der Waals surface area contributed by atoms with Crippen molar-refractivity contribution in [1.82, 2.24) is 9.55 Å². The van der Waals surface area contributed by atoms with E-state index in [2.05, 4.69) is 4.98 Å². The summed E-state index contributed by atoms with van der Waals surface area (Å²) in [5, 5.41) is 0. The van der Waals surface area contributed by atoms with Crippen molar-refractivity contribution in [3.8, 4) is 11.6 Å². The zero-order valence-electron chi connectivity index (χ0n) is 9.27. The topological polar surface area (TPSA) is 31.0 Å². The van der Waals surface area contributed by atoms with E-state index in [9.17, 15) is 0 Å². The summed E-state index contributed by atoms with van der Waals surface area (Å²) in [6, 6.07) is 9.98. The van der Waals surface area contributed by atoms with Crippen LogP contribution < -0.4 is 0 Å². The van der Waals surface area contributed by atoms with Crippen LogP contribution in [0.1, 0.15) is 5.56 Å². The number of aromatic nitrogens is 2. The lowest BCUT2D eigenvalue weighted by Gasteiger charge is -1.96. The summed E-state index contributed by atoms with van der Waals surface area (Å²) in [7, 11) is 1.98. The zero-order valence-corrected chi connectivity index (χ0v) is 9.27. The molecule has 0 spiro atoms. The SMILES string of the molecule is Cc1cccc2nc(-c3cccn3C)oc12. The molecule has 0 atom stereocenters. The maximum atomic E-state index is 5.79. The maximum absolute atomic E-state index is 5.79. The van der Waals surface area contributed by atoms with Gasteiger partial charge < -0.3 is 8.98 Å². The van der Waals surface area contributed by atoms with E-state index in [0.717, 1.165) is 22.4 Å². The Morgan fingerprint density at radius 3 is 2.75 bits per heavy atom. The molecule has 0 N–H and O–H groups in total. The van der Waals surface area contributed by atoms with Crippen LogP contribution in [0.4, 0.5) is 0 Å². The Hall–Kier alpha value is -2.03. The van der Waals surface area contributed by atoms with Gasteiger partial charge in [-0.2, -0.15) is 0 Å². The van der Waals surface area contributed by atoms with Crippen molar-refractivity contribution in [3.05, 3.63) is 42.1 Å². The smallest absolute Gasteiger partial charge is 0.244 e. The predicted molar refractivity (Wildman–Crippen MR) is 63.2 cm³/mol. The average Bonchev–Trinajstić information content (AvgIpc) is 2.84. The molecule has 3 rings (SSSR count). The standard InChI is InChI=1S/C13H12N2O/c1-9-5-3-6-10-12(9)16-13(14-10)11-7-4-8-15(11)2/h3-8H,1-2H3. The Morgan fingerprint density at radius 1 is 1.19 bits per heavy atom. The Balaban J connectivity index is 2.27. The molecule has 0 aliphatic carbocycles. The summed E-state index contributed by atoms with van der Waals surface area (Å²) in [6.07, 6.45) is 1.98. The van der Waals surface area contributed by atoms with E-state index >= 15 is 0 Å². The summed E-state index contributed by atoms with van der Waals surface area (Å²) in [4.78, 5) is 4.49. The average molecular weight is 212 g/mol. The van der Waals surface area contributed by atoms with Crippen molar-refractivity contribution in [1.29, 1.82) is 0 Å². The summed E-state index contributed by atoms with van der Waals surface area (Å²) in [5.74, 6) is 0.678. The number of nitrogens with zero attached hydrogens (tertiary/aromatic N) is 2. The van der Waals surface area contributed by atoms with Gasteiger partial charge >= 0.3 is 0 Å². The van der Waals surface area contributed by atoms with E-state index in [4.69, 9.17) is 4.42 Å². The minimum atomic E-state index is 0.678. The number of hydrogen-bond acceptors (Lipinski definition) is 2. The molecule has 0 bridgehead atoms. The molecule has 3 nitrogen and oxygen atoms in total. The minimum Gasteiger partial charge on any atom is -0.434 e. The summed E-state index contributed by atoms with van der Waals surface area (Å²) < 4.78 is 7.79. The Labute approximate surface area is 93.3 Å². The fourth-order valence-corrected chi connectivity index (χ4v) is 1.88. The molecule has 16 heavy (non-hydrogen) atoms. The molecule has 3 aromatic rings. The second-order valence-corrected chi connectivity index (χ2v) is 3.95. The first-order valence-electron chi connectivity index (χ1n) is 5.23. The van der Waals surface area contributed by atoms with Crippen LogP contribution in [0.5, 0.6) is 0 Å². The van der Waals surface area contributed by atoms with Crippen LogP contribution in [0.2, 0.25) is 0 Å². The molecule has 2 aromatic heterocycles. The van der Waals surface area contributed by atoms with Gasteiger partial charge in [-0.3, -0.25) is 0 Å². The third-order valence-electron chi connectivity index (χ3n) is 2.77. The highest BCUT2D eigenvalue weighted by molar-refractivity contribution is 5.78. The number of oxazole rings is 1. The van der Waals surface area contributed by atoms with Crippen molar-refractivity contribution in [2.24, 2.45) is 7.05 Å². The van der Waals surface area contributed by atoms with Gasteiger partial charge in [0.2, 0.25) is 5.89 Å². The molecule has 0 fully saturated rings. The highest BCUT2D eigenvalue weighted by atomic mass is 16.3. The summed E-state index contributed by atoms with van der Waals surface area (Å²) in [5.41, 5.74) is 3.90. The van der Waals surface area contributed by atoms with Crippen LogP contribution in [0.25, 0.3) is 22.7 Å². The lowest BCUT2D eigenvalue weighted by molar-refractivity contribution is 0.609. The second kappa shape index (κ2) is 3.23. The first-order valence-corrected chi connectivity index (χ1v) is 5.23. The van der Waals surface area contributed by atoms with Gasteiger partial charge in [0, 0.05) is 13.2 Å². The largest absolute Gasteiger partial charge is 0.434 e. The summed E-state index contributed by atoms with van der Waals surface area (Å²) >= 11 is 0. The molecule has 0 amide bonds. The molecule has 0 saturated heterocycles. The minimum absolute atomic E-state index is 0.678. The van der Waals surface area contributed by atoms with Crippen LogP contribution in [0.15, 0.2) is 40.9 Å². The molecule has 0 aliphatic rings. The van der Waals surface area contributed by atoms with E-state index in [0.29, 0.717) is 5.89 Å². The zero-order chi connectivity index (χ0) is 11.1. The highest BCUT2D eigenvalue weighted by Gasteiger charge is 2.11. The molecule has 3 heteroatoms. The first-order chi connectivity index (χ1) is 7.75. The molecule has 80 valence electrons. The van der Waals surface area contributed by atoms with Crippen molar-refractivity contribution in [2.75, 3.05) is 0 Å². The highest BCUT2D eigenvalue weighted by Crippen LogP contribution is 2.25. The molecule has 1 aromatic carbocycles. The van der Waals surface area contributed by atoms with Crippen LogP contribution in [-0.4, -0.2) is 9.55 Å². The monoisotopic (exact) mass is 212 g/mol. The number of para-hydroxylation sites is 1. The van der Waals surface area contributed by atoms with Gasteiger partial charge in [0.15, 0.2) is 5.58 Å². The van der Waals surface area contributed by atoms with Gasteiger partial charge in [-0.25, -0.2) is 4.98 Å². The molecule has 0 unspecified atom stereocenters. The van der Waals surface area contributed by atoms with Crippen LogP contribution >= 0.6 is 0 Å². The van der Waals surface area contributed by atoms with Gasteiger partial charge in [0.05, 0.1) is 0 Å². The van der Waals surface area contributed by atoms with Crippen molar-refractivity contribution >= 4 is 11.1 Å². The third-order valence-corrected chi connectivity index (χ3v) is 2.77. The van der Waals surface area contributed by atoms with Gasteiger partial charge in [0.25, 0.3) is 0 Å². The Kier molecular flexibility index (Phi) is 1.86. The van der Waals surface area contributed by atoms with Crippen molar-refractivity contribution in [2.45, 2.75) is 6.92 Å². The van der Waals surface area contributed by atoms with E-state index in [1.54, 1.807) is 0 Å². The number of fused-ring (bicyclic) bond motifs is 1. The van der Waals surface area contributed by atoms with Gasteiger partial charge in [-0.15, -0.1) is 0 Å². The van der Waals surface area contributed by atoms with Crippen LogP contribution in [0, 0.1) is 6.92 Å². The normalized spacial score (nSPS) is 11.1. The quantitative estimate of drug-likeness (QED) is 0.620. The Morgan fingerprint density at radius 2 is 2.06 bits per heavy atom. The molecule has 0 radical (unpaired) electrons. The number of hydrogen-bond donors (Lipinski definition) is 0. The first kappa shape index (κ1) is 9.21. The van der Waals surface area contributed by atoms with Gasteiger partial charge in [-0.05, 0) is 30.7 Å². The van der Waals surface area contributed by atoms with Gasteiger partial charge in [0.1, 0.15) is 11.2 Å². The van der Waals surface area contributed by atoms with E-state index in [1.165, 1.54) is 0 Å². The fourth-order valence-electron chi connectivity index (χ4n) is 1.88. The number of aryl methyl sites for hydroxylation is 2. The molecule has 0 aliphatic heterocycles. The van der Waals surface area contributed by atoms with E-state index < -0.39 is 0 Å². The fraction of sp³-hybridized carbons (Fsp3) is 0.154. The van der Waals surface area contributed by atoms with Crippen LogP contribution in [0.3, 0.4) is 0 Å². The molecular weight excluding hydrogens is 200 g/mol. The predicted octanol–water partition coefficient (Wildman–Crippen LogP) is 3.14. The maximum Gasteiger partial charge on any atom is 0.244 e. The lowest BCUT2D eigenvalue weighted by Crippen LogP contribution is -1.88. The van der Waals surface area contributed by atoms with Gasteiger partial charge in [-0.1, -0.05) is 12.1 Å². The molecular formula is C13H12N2O. The number of rotatable bonds is 1. The van der Waals surface area contributed by atoms with Crippen molar-refractivity contribution in [3.63, 3.8) is 0 Å². The van der Waals surface area contributed by atoms with E-state index in [-0.39, 0.29) is 0 Å². The third kappa shape index (κ3) is 1.25. The molecule has 0 saturated carbocycles. The van der Waals surface area contributed by atoms with E-state index in [1.807, 2.05) is 55.1 Å². The Bertz CT molecular complexity index is 649.